The van der Waals surface area contributed by atoms with Crippen LogP contribution in [0.1, 0.15) is 323 Å². The van der Waals surface area contributed by atoms with Crippen molar-refractivity contribution in [3.8, 4) is 0 Å². The number of unbranched alkanes of at least 4 members (excludes halogenated alkanes) is 29. The SMILES string of the molecule is CCC/C=C\C/C=C\CCCCCCCC(=O)OCC(COP(=O)(O)OCC(O)COP(=O)(O)OCC(COC(=O)CCCCCCCC/C=C\C/C=C\C/C=C\CCCCC)OC(=O)CCCCCCC/C=C\C/C=C\CCCCC)OC(=O)CCCCCCC/C=C\C/C=C\CCC. The Balaban J connectivity index is 5.37. The second-order valence-electron chi connectivity index (χ2n) is 25.9. The van der Waals surface area contributed by atoms with Gasteiger partial charge in [0.05, 0.1) is 26.4 Å². The van der Waals surface area contributed by atoms with Gasteiger partial charge in [0, 0.05) is 25.7 Å². The molecule has 0 saturated heterocycles. The molecule has 0 saturated carbocycles. The molecule has 100 heavy (non-hydrogen) atoms. The molecule has 5 unspecified atom stereocenters. The van der Waals surface area contributed by atoms with Crippen LogP contribution in [0.15, 0.2) is 109 Å². The average Bonchev–Trinajstić information content (AvgIpc) is 0.946. The molecule has 3 N–H and O–H groups in total. The molecule has 0 fully saturated rings. The van der Waals surface area contributed by atoms with Crippen molar-refractivity contribution in [2.45, 2.75) is 341 Å². The van der Waals surface area contributed by atoms with Crippen LogP contribution in [0.5, 0.6) is 0 Å². The minimum absolute atomic E-state index is 0.0744. The summed E-state index contributed by atoms with van der Waals surface area (Å²) >= 11 is 0. The molecule has 19 heteroatoms. The normalized spacial score (nSPS) is 14.5. The van der Waals surface area contributed by atoms with E-state index in [4.69, 9.17) is 37.0 Å². The fourth-order valence-corrected chi connectivity index (χ4v) is 11.7. The summed E-state index contributed by atoms with van der Waals surface area (Å²) in [5.74, 6) is -2.23. The molecule has 0 spiro atoms. The largest absolute Gasteiger partial charge is 0.472 e. The molecule has 5 atom stereocenters. The first-order valence-corrected chi connectivity index (χ1v) is 42.1. The fourth-order valence-electron chi connectivity index (χ4n) is 10.2. The standard InChI is InChI=1S/C81H140O17P2/c1-5-9-13-17-21-25-29-33-35-36-37-38-40-43-46-50-54-58-62-66-79(84)92-72-77(98-81(86)68-64-60-56-52-48-44-39-34-30-26-22-18-14-10-6-2)74-96-100(89,90)94-70-75(82)69-93-99(87,88)95-73-76(97-80(85)67-63-59-55-51-47-42-32-28-24-20-16-12-8-4)71-91-78(83)65-61-57-53-49-45-41-31-27-23-19-15-11-7-3/h15-16,19-22,25-28,31-35,37-39,75-77,82H,5-14,17-18,23-24,29-30,36,40-74H2,1-4H3,(H,87,88)(H,89,90)/b19-15-,20-16-,25-21-,26-22-,31-27-,32-28-,35-33-,38-37-,39-34-. The Bertz CT molecular complexity index is 2320. The maximum atomic E-state index is 13.1. The van der Waals surface area contributed by atoms with Crippen LogP contribution < -0.4 is 0 Å². The topological polar surface area (TPSA) is 237 Å². The molecule has 0 heterocycles. The molecule has 17 nitrogen and oxygen atoms in total. The number of esters is 4. The number of rotatable bonds is 73. The Labute approximate surface area is 607 Å². The van der Waals surface area contributed by atoms with Crippen LogP contribution >= 0.6 is 15.6 Å². The van der Waals surface area contributed by atoms with E-state index in [0.29, 0.717) is 25.7 Å². The van der Waals surface area contributed by atoms with Gasteiger partial charge in [0.2, 0.25) is 0 Å². The summed E-state index contributed by atoms with van der Waals surface area (Å²) in [6.07, 6.45) is 77.8. The van der Waals surface area contributed by atoms with E-state index >= 15 is 0 Å². The molecule has 0 aliphatic heterocycles. The van der Waals surface area contributed by atoms with Crippen LogP contribution in [0, 0.1) is 0 Å². The van der Waals surface area contributed by atoms with Crippen molar-refractivity contribution in [3.05, 3.63) is 109 Å². The van der Waals surface area contributed by atoms with Gasteiger partial charge in [-0.05, 0) is 148 Å². The van der Waals surface area contributed by atoms with Gasteiger partial charge in [-0.2, -0.15) is 0 Å². The van der Waals surface area contributed by atoms with Crippen molar-refractivity contribution in [1.29, 1.82) is 0 Å². The number of aliphatic hydroxyl groups is 1. The Morgan fingerprint density at radius 3 is 0.790 bits per heavy atom. The molecular weight excluding hydrogens is 1310 g/mol. The zero-order valence-electron chi connectivity index (χ0n) is 62.8. The second kappa shape index (κ2) is 73.0. The molecule has 576 valence electrons. The van der Waals surface area contributed by atoms with Crippen LogP contribution in [0.25, 0.3) is 0 Å². The number of phosphoric ester groups is 2. The van der Waals surface area contributed by atoms with E-state index in [-0.39, 0.29) is 25.7 Å². The van der Waals surface area contributed by atoms with E-state index in [1.54, 1.807) is 0 Å². The molecule has 0 aromatic rings. The Morgan fingerprint density at radius 2 is 0.510 bits per heavy atom. The number of hydrogen-bond donors (Lipinski definition) is 3. The summed E-state index contributed by atoms with van der Waals surface area (Å²) in [5, 5.41) is 10.6. The van der Waals surface area contributed by atoms with Gasteiger partial charge in [-0.15, -0.1) is 0 Å². The summed E-state index contributed by atoms with van der Waals surface area (Å²) in [4.78, 5) is 72.9. The van der Waals surface area contributed by atoms with Gasteiger partial charge in [0.1, 0.15) is 19.3 Å². The summed E-state index contributed by atoms with van der Waals surface area (Å²) in [6.45, 7) is 4.64. The van der Waals surface area contributed by atoms with Crippen molar-refractivity contribution in [2.75, 3.05) is 39.6 Å². The van der Waals surface area contributed by atoms with Crippen molar-refractivity contribution in [3.63, 3.8) is 0 Å². The van der Waals surface area contributed by atoms with Crippen molar-refractivity contribution < 1.29 is 80.2 Å². The summed E-state index contributed by atoms with van der Waals surface area (Å²) in [7, 11) is -9.97. The highest BCUT2D eigenvalue weighted by molar-refractivity contribution is 7.47. The number of aliphatic hydroxyl groups excluding tert-OH is 1. The summed E-state index contributed by atoms with van der Waals surface area (Å²) in [6, 6.07) is 0. The first kappa shape index (κ1) is 95.7. The van der Waals surface area contributed by atoms with Crippen LogP contribution in [-0.4, -0.2) is 96.7 Å². The van der Waals surface area contributed by atoms with Crippen LogP contribution in [0.4, 0.5) is 0 Å². The lowest BCUT2D eigenvalue weighted by Crippen LogP contribution is -2.30. The van der Waals surface area contributed by atoms with Gasteiger partial charge in [-0.3, -0.25) is 37.3 Å². The molecule has 0 aliphatic carbocycles. The maximum Gasteiger partial charge on any atom is 0.472 e. The first-order chi connectivity index (χ1) is 48.7. The zero-order chi connectivity index (χ0) is 73.2. The van der Waals surface area contributed by atoms with E-state index in [2.05, 4.69) is 137 Å². The van der Waals surface area contributed by atoms with Gasteiger partial charge in [0.15, 0.2) is 12.2 Å². The first-order valence-electron chi connectivity index (χ1n) is 39.1. The van der Waals surface area contributed by atoms with E-state index in [1.165, 1.54) is 38.5 Å². The lowest BCUT2D eigenvalue weighted by Gasteiger charge is -2.21. The van der Waals surface area contributed by atoms with Crippen LogP contribution in [0.2, 0.25) is 0 Å². The third-order valence-electron chi connectivity index (χ3n) is 16.1. The highest BCUT2D eigenvalue weighted by Gasteiger charge is 2.30. The third kappa shape index (κ3) is 72.1. The number of ether oxygens (including phenoxy) is 4. The van der Waals surface area contributed by atoms with Gasteiger partial charge in [0.25, 0.3) is 0 Å². The molecule has 0 rings (SSSR count). The Hall–Kier alpha value is -4.28. The van der Waals surface area contributed by atoms with Crippen molar-refractivity contribution in [2.24, 2.45) is 0 Å². The van der Waals surface area contributed by atoms with Crippen molar-refractivity contribution >= 4 is 39.5 Å². The lowest BCUT2D eigenvalue weighted by atomic mass is 10.1. The maximum absolute atomic E-state index is 13.1. The molecule has 0 radical (unpaired) electrons. The number of carbonyl (C=O) groups is 4. The quantitative estimate of drug-likeness (QED) is 0.0169. The monoisotopic (exact) mass is 1450 g/mol. The van der Waals surface area contributed by atoms with Crippen LogP contribution in [-0.2, 0) is 65.4 Å². The summed E-state index contributed by atoms with van der Waals surface area (Å²) in [5.41, 5.74) is 0. The van der Waals surface area contributed by atoms with Gasteiger partial charge >= 0.3 is 39.5 Å². The van der Waals surface area contributed by atoms with Crippen molar-refractivity contribution in [1.82, 2.24) is 0 Å². The zero-order valence-corrected chi connectivity index (χ0v) is 64.6. The van der Waals surface area contributed by atoms with E-state index in [1.807, 2.05) is 0 Å². The minimum Gasteiger partial charge on any atom is -0.462 e. The fraction of sp³-hybridized carbons (Fsp3) is 0.728. The predicted molar refractivity (Wildman–Crippen MR) is 408 cm³/mol. The van der Waals surface area contributed by atoms with Gasteiger partial charge in [-0.1, -0.05) is 259 Å². The van der Waals surface area contributed by atoms with Gasteiger partial charge in [-0.25, -0.2) is 9.13 Å². The number of phosphoric acid groups is 2. The lowest BCUT2D eigenvalue weighted by molar-refractivity contribution is -0.161. The molecule has 0 bridgehead atoms. The van der Waals surface area contributed by atoms with Gasteiger partial charge < -0.3 is 33.8 Å². The van der Waals surface area contributed by atoms with Crippen LogP contribution in [0.3, 0.4) is 0 Å². The molecule has 0 aromatic carbocycles. The third-order valence-corrected chi connectivity index (χ3v) is 18.0. The number of allylic oxidation sites excluding steroid dienone is 18. The Morgan fingerprint density at radius 1 is 0.280 bits per heavy atom. The highest BCUT2D eigenvalue weighted by Crippen LogP contribution is 2.45. The van der Waals surface area contributed by atoms with E-state index in [0.717, 1.165) is 205 Å². The number of hydrogen-bond acceptors (Lipinski definition) is 15. The highest BCUT2D eigenvalue weighted by atomic mass is 31.2. The Kier molecular flexibility index (Phi) is 69.9. The minimum atomic E-state index is -4.98. The molecule has 0 amide bonds. The molecule has 0 aliphatic rings. The molecule has 0 aromatic heterocycles. The van der Waals surface area contributed by atoms with E-state index in [9.17, 15) is 43.2 Å². The number of carbonyl (C=O) groups excluding carboxylic acids is 4. The molecular formula is C81H140O17P2. The predicted octanol–water partition coefficient (Wildman–Crippen LogP) is 22.6. The summed E-state index contributed by atoms with van der Waals surface area (Å²) < 4.78 is 68.5. The average molecular weight is 1450 g/mol. The smallest absolute Gasteiger partial charge is 0.462 e. The second-order valence-corrected chi connectivity index (χ2v) is 28.8. The van der Waals surface area contributed by atoms with E-state index < -0.39 is 97.5 Å².